The molecule has 0 bridgehead atoms. The predicted octanol–water partition coefficient (Wildman–Crippen LogP) is 7.46. The van der Waals surface area contributed by atoms with Gasteiger partial charge < -0.3 is 64.8 Å². The number of carbonyl (C=O) groups is 9. The van der Waals surface area contributed by atoms with Crippen LogP contribution in [0.15, 0.2) is 97.1 Å². The number of para-hydroxylation sites is 1. The Morgan fingerprint density at radius 3 is 1.96 bits per heavy atom. The molecule has 2 spiro atoms. The van der Waals surface area contributed by atoms with Crippen molar-refractivity contribution in [2.24, 2.45) is 16.7 Å². The van der Waals surface area contributed by atoms with Crippen LogP contribution in [0.1, 0.15) is 152 Å². The number of hydrogen-bond acceptors (Lipinski definition) is 15. The van der Waals surface area contributed by atoms with E-state index in [1.165, 1.54) is 26.9 Å². The lowest BCUT2D eigenvalue weighted by Gasteiger charge is -2.31. The second-order valence-corrected chi connectivity index (χ2v) is 27.7. The van der Waals surface area contributed by atoms with Crippen LogP contribution in [0, 0.1) is 28.6 Å². The predicted molar refractivity (Wildman–Crippen MR) is 365 cm³/mol. The number of aliphatic hydroxyl groups excluding tert-OH is 1. The van der Waals surface area contributed by atoms with Crippen molar-refractivity contribution in [2.75, 3.05) is 63.4 Å². The van der Waals surface area contributed by atoms with E-state index in [9.17, 15) is 48.3 Å². The van der Waals surface area contributed by atoms with E-state index >= 15 is 0 Å². The van der Waals surface area contributed by atoms with Crippen molar-refractivity contribution in [3.8, 4) is 34.8 Å². The first kappa shape index (κ1) is 69.0. The second kappa shape index (κ2) is 29.6. The van der Waals surface area contributed by atoms with Gasteiger partial charge in [-0.05, 0) is 153 Å². The molecule has 5 heterocycles. The van der Waals surface area contributed by atoms with Crippen molar-refractivity contribution in [2.45, 2.75) is 154 Å². The lowest BCUT2D eigenvalue weighted by molar-refractivity contribution is -0.132. The zero-order chi connectivity index (χ0) is 69.7. The first-order chi connectivity index (χ1) is 47.7. The van der Waals surface area contributed by atoms with E-state index in [-0.39, 0.29) is 96.7 Å². The fraction of sp³-hybridized carbons (Fsp3) is 0.461. The molecule has 0 radical (unpaired) electrons. The number of hydrogen-bond donors (Lipinski definition) is 5. The van der Waals surface area contributed by atoms with Crippen LogP contribution in [-0.2, 0) is 59.5 Å². The van der Waals surface area contributed by atoms with Crippen molar-refractivity contribution < 1.29 is 71.9 Å². The van der Waals surface area contributed by atoms with E-state index < -0.39 is 73.1 Å². The van der Waals surface area contributed by atoms with Gasteiger partial charge in [0.15, 0.2) is 35.0 Å². The highest BCUT2D eigenvalue weighted by molar-refractivity contribution is 6.06. The number of rotatable bonds is 26. The molecule has 4 fully saturated rings. The number of ether oxygens (including phenoxy) is 5. The van der Waals surface area contributed by atoms with Gasteiger partial charge in [-0.3, -0.25) is 38.4 Å². The van der Waals surface area contributed by atoms with Crippen LogP contribution in [-0.4, -0.2) is 152 Å². The van der Waals surface area contributed by atoms with Gasteiger partial charge in [0.05, 0.1) is 76.1 Å². The summed E-state index contributed by atoms with van der Waals surface area (Å²) in [6, 6.07) is 26.1. The molecule has 8 amide bonds. The van der Waals surface area contributed by atoms with Crippen molar-refractivity contribution in [3.63, 3.8) is 0 Å². The molecule has 5 N–H and O–H groups in total. The first-order valence-corrected chi connectivity index (χ1v) is 34.4. The van der Waals surface area contributed by atoms with E-state index in [1.54, 1.807) is 67.2 Å². The number of carbonyl (C=O) groups excluding carboxylic acids is 9. The molecule has 5 atom stereocenters. The number of unbranched alkanes of at least 4 members (excludes halogenated alkanes) is 2. The Hall–Kier alpha value is -9.95. The summed E-state index contributed by atoms with van der Waals surface area (Å²) in [7, 11) is 3.06. The molecule has 0 aromatic heterocycles. The largest absolute Gasteiger partial charge is 0.493 e. The molecule has 5 aromatic carbocycles. The number of methoxy groups -OCH3 is 2. The van der Waals surface area contributed by atoms with Crippen molar-refractivity contribution >= 4 is 64.6 Å². The highest BCUT2D eigenvalue weighted by atomic mass is 16.6. The van der Waals surface area contributed by atoms with E-state index in [4.69, 9.17) is 23.7 Å². The quantitative estimate of drug-likeness (QED) is 0.0265. The number of aryl methyl sites for hydroxylation is 1. The zero-order valence-electron chi connectivity index (χ0n) is 56.7. The summed E-state index contributed by atoms with van der Waals surface area (Å²) in [4.78, 5) is 128. The summed E-state index contributed by atoms with van der Waals surface area (Å²) in [5.74, 6) is 4.21. The second-order valence-electron chi connectivity index (χ2n) is 27.7. The Morgan fingerprint density at radius 2 is 1.25 bits per heavy atom. The molecule has 7 aliphatic rings. The molecule has 99 heavy (non-hydrogen) atoms. The van der Waals surface area contributed by atoms with Gasteiger partial charge in [-0.15, -0.1) is 0 Å². The highest BCUT2D eigenvalue weighted by Crippen LogP contribution is 2.58. The summed E-state index contributed by atoms with van der Waals surface area (Å²) >= 11 is 0. The van der Waals surface area contributed by atoms with E-state index in [0.717, 1.165) is 66.7 Å². The van der Waals surface area contributed by atoms with Gasteiger partial charge in [0.1, 0.15) is 12.6 Å². The molecule has 5 aromatic rings. The van der Waals surface area contributed by atoms with E-state index in [2.05, 4.69) is 38.0 Å². The van der Waals surface area contributed by atoms with Gasteiger partial charge in [0, 0.05) is 61.2 Å². The van der Waals surface area contributed by atoms with Gasteiger partial charge in [0.25, 0.3) is 11.8 Å². The summed E-state index contributed by atoms with van der Waals surface area (Å²) in [5, 5.41) is 22.4. The van der Waals surface area contributed by atoms with Crippen LogP contribution >= 0.6 is 0 Å². The van der Waals surface area contributed by atoms with Crippen molar-refractivity contribution in [3.05, 3.63) is 142 Å². The molecular weight excluding hydrogens is 1260 g/mol. The minimum atomic E-state index is -1.45. The smallest absolute Gasteiger partial charge is 0.416 e. The molecule has 23 nitrogen and oxygen atoms in total. The number of nitrogens with one attached hydrogen (secondary N) is 4. The minimum absolute atomic E-state index is 0.0704. The average molecular weight is 1350 g/mol. The third-order valence-corrected chi connectivity index (χ3v) is 20.3. The molecule has 520 valence electrons. The first-order valence-electron chi connectivity index (χ1n) is 34.4. The zero-order valence-corrected chi connectivity index (χ0v) is 56.7. The van der Waals surface area contributed by atoms with Gasteiger partial charge in [-0.25, -0.2) is 9.69 Å². The summed E-state index contributed by atoms with van der Waals surface area (Å²) in [6.07, 6.45) is 6.91. The number of anilines is 2. The maximum Gasteiger partial charge on any atom is 0.416 e. The molecule has 5 aliphatic heterocycles. The van der Waals surface area contributed by atoms with Crippen LogP contribution in [0.4, 0.5) is 16.2 Å². The Kier molecular flexibility index (Phi) is 20.6. The summed E-state index contributed by atoms with van der Waals surface area (Å²) in [6.45, 7) is 6.01. The Balaban J connectivity index is 0.589. The molecule has 2 aliphatic carbocycles. The number of amides is 8. The molecule has 2 saturated carbocycles. The van der Waals surface area contributed by atoms with Crippen LogP contribution in [0.25, 0.3) is 0 Å². The third-order valence-electron chi connectivity index (χ3n) is 20.3. The SMILES string of the molecule is COc1cc2c(cc1OCCCCCOc1cc3c(cc1OC)C(=O)N1CC4(CC4)C[C@H]1C(O)N3C(=O)OCc1ccc(CC(=O)[C@H](C)NC(=O)[C@@H](NC(=O)CNC(=O)CNC(=O)CCC(=O)N3Cc4ccccc4C#Cc4ccccc43)C(C)C)cc1)CC[C@@H]1CC3(CC3)CN1C2=O. The number of Topliss-reactive ketones (excluding diaryl/α,β-unsaturated/α-hetero) is 1. The summed E-state index contributed by atoms with van der Waals surface area (Å²) < 4.78 is 30.0. The number of benzene rings is 5. The van der Waals surface area contributed by atoms with E-state index in [1.807, 2.05) is 60.7 Å². The van der Waals surface area contributed by atoms with Crippen LogP contribution in [0.3, 0.4) is 0 Å². The Bertz CT molecular complexity index is 4040. The minimum Gasteiger partial charge on any atom is -0.493 e. The fourth-order valence-electron chi connectivity index (χ4n) is 14.2. The average Bonchev–Trinajstić information content (AvgIpc) is 1.58. The standard InChI is InChI=1S/C76H86N8O15/c1-46(2)69(80-67(88)41-78-66(87)40-77-65(86)25-26-68(89)81-42-53-15-8-7-13-50(53)21-22-51-14-9-10-16-57(51)81)70(90)79-47(3)60(85)33-48-17-19-49(20-18-48)43-99-74(94)84-58-37-64(62(96-5)36-56(58)72(92)83-45-76(29-30-76)39-59(83)73(84)93)98-32-12-6-11-31-97-63-34-52-23-24-54-38-75(27-28-75)44-82(54)71(91)55(52)35-61(63)95-4/h7-10,13-20,34-37,46-47,54,59,69,73,93H,6,11-12,23-33,38-45H2,1-5H3,(H,77,86)(H,78,87)(H,79,90)(H,80,88)/t47-,54+,59-,69-,73?/m0/s1. The number of ketones is 1. The van der Waals surface area contributed by atoms with Crippen molar-refractivity contribution in [1.29, 1.82) is 0 Å². The molecule has 2 saturated heterocycles. The lowest BCUT2D eigenvalue weighted by atomic mass is 9.97. The monoisotopic (exact) mass is 1350 g/mol. The van der Waals surface area contributed by atoms with E-state index in [0.29, 0.717) is 77.3 Å². The Labute approximate surface area is 575 Å². The molecular formula is C76H86N8O15. The maximum atomic E-state index is 14.5. The normalized spacial score (nSPS) is 19.1. The number of nitrogens with zero attached hydrogens (tertiary/aromatic N) is 4. The van der Waals surface area contributed by atoms with Gasteiger partial charge in [-0.1, -0.05) is 80.3 Å². The summed E-state index contributed by atoms with van der Waals surface area (Å²) in [5.41, 5.74) is 6.33. The van der Waals surface area contributed by atoms with Gasteiger partial charge in [-0.2, -0.15) is 0 Å². The fourth-order valence-corrected chi connectivity index (χ4v) is 14.2. The molecule has 12 rings (SSSR count). The Morgan fingerprint density at radius 1 is 0.636 bits per heavy atom. The number of fused-ring (bicyclic) bond motifs is 6. The van der Waals surface area contributed by atoms with Crippen LogP contribution in [0.2, 0.25) is 0 Å². The van der Waals surface area contributed by atoms with Crippen LogP contribution in [0.5, 0.6) is 23.0 Å². The highest BCUT2D eigenvalue weighted by Gasteiger charge is 2.58. The maximum absolute atomic E-state index is 14.5. The topological polar surface area (TPSA) is 281 Å². The number of aliphatic hydroxyl groups is 1. The van der Waals surface area contributed by atoms with Gasteiger partial charge in [0.2, 0.25) is 29.5 Å². The van der Waals surface area contributed by atoms with Crippen molar-refractivity contribution in [1.82, 2.24) is 31.1 Å². The molecule has 1 unspecified atom stereocenters. The molecule has 23 heteroatoms. The van der Waals surface area contributed by atoms with Gasteiger partial charge >= 0.3 is 6.09 Å². The third kappa shape index (κ3) is 15.7. The van der Waals surface area contributed by atoms with Crippen LogP contribution < -0.4 is 50.0 Å². The lowest BCUT2D eigenvalue weighted by Crippen LogP contribution is -2.54.